The van der Waals surface area contributed by atoms with E-state index in [9.17, 15) is 4.79 Å². The lowest BCUT2D eigenvalue weighted by atomic mass is 9.95. The molecule has 22 heavy (non-hydrogen) atoms. The van der Waals surface area contributed by atoms with Gasteiger partial charge in [-0.05, 0) is 31.0 Å². The van der Waals surface area contributed by atoms with Crippen LogP contribution in [-0.2, 0) is 9.47 Å². The highest BCUT2D eigenvalue weighted by Crippen LogP contribution is 2.26. The molecule has 1 amide bonds. The minimum atomic E-state index is -0.0799. The number of hydrogen-bond donors (Lipinski definition) is 1. The number of rotatable bonds is 2. The number of fused-ring (bicyclic) bond motifs is 1. The molecule has 2 aliphatic rings. The van der Waals surface area contributed by atoms with E-state index in [2.05, 4.69) is 15.4 Å². The number of carbonyl (C=O) groups excluding carboxylic acids is 1. The molecule has 7 heteroatoms. The van der Waals surface area contributed by atoms with E-state index in [1.165, 1.54) is 0 Å². The number of aromatic amines is 1. The number of nitrogens with one attached hydrogen (secondary N) is 1. The third kappa shape index (κ3) is 2.46. The molecular formula is C15H18N4O3. The van der Waals surface area contributed by atoms with Crippen LogP contribution in [0.15, 0.2) is 18.2 Å². The number of benzene rings is 1. The second-order valence-corrected chi connectivity index (χ2v) is 5.77. The van der Waals surface area contributed by atoms with Crippen LogP contribution in [0.3, 0.4) is 0 Å². The molecule has 0 atom stereocenters. The van der Waals surface area contributed by atoms with E-state index in [0.29, 0.717) is 30.2 Å². The molecule has 2 saturated heterocycles. The summed E-state index contributed by atoms with van der Waals surface area (Å²) in [6, 6.07) is 5.41. The zero-order valence-corrected chi connectivity index (χ0v) is 12.2. The summed E-state index contributed by atoms with van der Waals surface area (Å²) in [5, 5.41) is 10.6. The average Bonchev–Trinajstić information content (AvgIpc) is 3.25. The number of hydrogen-bond acceptors (Lipinski definition) is 5. The molecule has 0 aliphatic carbocycles. The Morgan fingerprint density at radius 2 is 1.86 bits per heavy atom. The van der Waals surface area contributed by atoms with Gasteiger partial charge in [-0.2, -0.15) is 15.4 Å². The second-order valence-electron chi connectivity index (χ2n) is 5.77. The summed E-state index contributed by atoms with van der Waals surface area (Å²) in [6.07, 6.45) is 1.76. The first-order chi connectivity index (χ1) is 10.8. The van der Waals surface area contributed by atoms with E-state index in [4.69, 9.17) is 9.47 Å². The SMILES string of the molecule is O=C(c1ccc2n[nH]nc2c1)N1CCC(C2OCCO2)CC1. The molecule has 4 rings (SSSR count). The molecular weight excluding hydrogens is 284 g/mol. The van der Waals surface area contributed by atoms with Gasteiger partial charge < -0.3 is 14.4 Å². The van der Waals surface area contributed by atoms with Crippen molar-refractivity contribution in [2.75, 3.05) is 26.3 Å². The van der Waals surface area contributed by atoms with Crippen LogP contribution in [0.4, 0.5) is 0 Å². The Kier molecular flexibility index (Phi) is 3.51. The molecule has 116 valence electrons. The molecule has 3 heterocycles. The zero-order valence-electron chi connectivity index (χ0n) is 12.2. The number of nitrogens with zero attached hydrogens (tertiary/aromatic N) is 3. The number of carbonyl (C=O) groups is 1. The predicted octanol–water partition coefficient (Wildman–Crippen LogP) is 1.18. The number of ether oxygens (including phenoxy) is 2. The van der Waals surface area contributed by atoms with Crippen LogP contribution in [-0.4, -0.2) is 58.8 Å². The van der Waals surface area contributed by atoms with Crippen LogP contribution >= 0.6 is 0 Å². The Hall–Kier alpha value is -1.99. The van der Waals surface area contributed by atoms with E-state index in [1.807, 2.05) is 17.0 Å². The third-order valence-electron chi connectivity index (χ3n) is 4.42. The topological polar surface area (TPSA) is 80.3 Å². The first-order valence-corrected chi connectivity index (χ1v) is 7.64. The first-order valence-electron chi connectivity index (χ1n) is 7.64. The standard InChI is InChI=1S/C15H18N4O3/c20-14(11-1-2-12-13(9-11)17-18-16-12)19-5-3-10(4-6-19)15-21-7-8-22-15/h1-2,9-10,15H,3-8H2,(H,16,17,18). The van der Waals surface area contributed by atoms with Gasteiger partial charge in [-0.1, -0.05) is 0 Å². The van der Waals surface area contributed by atoms with E-state index in [0.717, 1.165) is 31.4 Å². The summed E-state index contributed by atoms with van der Waals surface area (Å²) >= 11 is 0. The fraction of sp³-hybridized carbons (Fsp3) is 0.533. The Morgan fingerprint density at radius 3 is 2.64 bits per heavy atom. The molecule has 0 bridgehead atoms. The summed E-state index contributed by atoms with van der Waals surface area (Å²) in [4.78, 5) is 14.5. The monoisotopic (exact) mass is 302 g/mol. The number of likely N-dealkylation sites (tertiary alicyclic amines) is 1. The van der Waals surface area contributed by atoms with Gasteiger partial charge in [-0.25, -0.2) is 0 Å². The van der Waals surface area contributed by atoms with Crippen molar-refractivity contribution in [1.29, 1.82) is 0 Å². The lowest BCUT2D eigenvalue weighted by molar-refractivity contribution is -0.0956. The highest BCUT2D eigenvalue weighted by atomic mass is 16.7. The van der Waals surface area contributed by atoms with Crippen LogP contribution in [0.25, 0.3) is 11.0 Å². The molecule has 2 fully saturated rings. The first kappa shape index (κ1) is 13.7. The van der Waals surface area contributed by atoms with Crippen molar-refractivity contribution in [2.24, 2.45) is 5.92 Å². The largest absolute Gasteiger partial charge is 0.350 e. The Labute approximate surface area is 127 Å². The molecule has 0 saturated carbocycles. The van der Waals surface area contributed by atoms with Gasteiger partial charge in [0.2, 0.25) is 0 Å². The van der Waals surface area contributed by atoms with Crippen molar-refractivity contribution in [3.63, 3.8) is 0 Å². The summed E-state index contributed by atoms with van der Waals surface area (Å²) in [5.74, 6) is 0.446. The van der Waals surface area contributed by atoms with E-state index >= 15 is 0 Å². The van der Waals surface area contributed by atoms with Crippen molar-refractivity contribution in [3.05, 3.63) is 23.8 Å². The predicted molar refractivity (Wildman–Crippen MR) is 78.2 cm³/mol. The highest BCUT2D eigenvalue weighted by Gasteiger charge is 2.32. The Bertz CT molecular complexity index is 672. The van der Waals surface area contributed by atoms with Crippen LogP contribution in [0.1, 0.15) is 23.2 Å². The molecule has 0 spiro atoms. The molecule has 1 N–H and O–H groups in total. The summed E-state index contributed by atoms with van der Waals surface area (Å²) in [6.45, 7) is 2.84. The number of H-pyrrole nitrogens is 1. The maximum atomic E-state index is 12.6. The van der Waals surface area contributed by atoms with Gasteiger partial charge in [-0.3, -0.25) is 4.79 Å². The third-order valence-corrected chi connectivity index (χ3v) is 4.42. The number of aromatic nitrogens is 3. The molecule has 0 unspecified atom stereocenters. The summed E-state index contributed by atoms with van der Waals surface area (Å²) in [7, 11) is 0. The quantitative estimate of drug-likeness (QED) is 0.901. The van der Waals surface area contributed by atoms with Crippen molar-refractivity contribution < 1.29 is 14.3 Å². The molecule has 2 aromatic rings. The van der Waals surface area contributed by atoms with Gasteiger partial charge >= 0.3 is 0 Å². The lowest BCUT2D eigenvalue weighted by Crippen LogP contribution is -2.41. The molecule has 7 nitrogen and oxygen atoms in total. The number of piperidine rings is 1. The summed E-state index contributed by atoms with van der Waals surface area (Å²) in [5.41, 5.74) is 2.15. The van der Waals surface area contributed by atoms with Crippen molar-refractivity contribution in [2.45, 2.75) is 19.1 Å². The van der Waals surface area contributed by atoms with Gasteiger partial charge in [0.25, 0.3) is 5.91 Å². The fourth-order valence-electron chi connectivity index (χ4n) is 3.18. The summed E-state index contributed by atoms with van der Waals surface area (Å²) < 4.78 is 11.1. The molecule has 0 radical (unpaired) electrons. The van der Waals surface area contributed by atoms with Crippen molar-refractivity contribution in [1.82, 2.24) is 20.3 Å². The normalized spacial score (nSPS) is 20.8. The Morgan fingerprint density at radius 1 is 1.14 bits per heavy atom. The van der Waals surface area contributed by atoms with Gasteiger partial charge in [-0.15, -0.1) is 0 Å². The van der Waals surface area contributed by atoms with Gasteiger partial charge in [0.1, 0.15) is 11.0 Å². The molecule has 1 aromatic heterocycles. The molecule has 2 aliphatic heterocycles. The van der Waals surface area contributed by atoms with Crippen LogP contribution < -0.4 is 0 Å². The second kappa shape index (κ2) is 5.66. The Balaban J connectivity index is 1.42. The van der Waals surface area contributed by atoms with Crippen molar-refractivity contribution in [3.8, 4) is 0 Å². The van der Waals surface area contributed by atoms with E-state index < -0.39 is 0 Å². The lowest BCUT2D eigenvalue weighted by Gasteiger charge is -2.33. The number of amides is 1. The van der Waals surface area contributed by atoms with Crippen molar-refractivity contribution >= 4 is 16.9 Å². The highest BCUT2D eigenvalue weighted by molar-refractivity contribution is 5.97. The fourth-order valence-corrected chi connectivity index (χ4v) is 3.18. The average molecular weight is 302 g/mol. The maximum absolute atomic E-state index is 12.6. The maximum Gasteiger partial charge on any atom is 0.253 e. The van der Waals surface area contributed by atoms with Crippen LogP contribution in [0.2, 0.25) is 0 Å². The van der Waals surface area contributed by atoms with Gasteiger partial charge in [0, 0.05) is 24.6 Å². The molecule has 1 aromatic carbocycles. The smallest absolute Gasteiger partial charge is 0.253 e. The minimum absolute atomic E-state index is 0.0524. The van der Waals surface area contributed by atoms with Crippen LogP contribution in [0.5, 0.6) is 0 Å². The van der Waals surface area contributed by atoms with E-state index in [-0.39, 0.29) is 12.2 Å². The van der Waals surface area contributed by atoms with Gasteiger partial charge in [0.05, 0.1) is 13.2 Å². The van der Waals surface area contributed by atoms with Gasteiger partial charge in [0.15, 0.2) is 6.29 Å². The van der Waals surface area contributed by atoms with Crippen LogP contribution in [0, 0.1) is 5.92 Å². The zero-order chi connectivity index (χ0) is 14.9. The minimum Gasteiger partial charge on any atom is -0.350 e. The van der Waals surface area contributed by atoms with E-state index in [1.54, 1.807) is 6.07 Å².